The van der Waals surface area contributed by atoms with Crippen LogP contribution < -0.4 is 0 Å². The van der Waals surface area contributed by atoms with E-state index in [2.05, 4.69) is 11.2 Å². The van der Waals surface area contributed by atoms with Crippen LogP contribution in [-0.2, 0) is 18.4 Å². The van der Waals surface area contributed by atoms with Gasteiger partial charge in [0, 0.05) is 7.05 Å². The Morgan fingerprint density at radius 1 is 1.25 bits per heavy atom. The topological polar surface area (TPSA) is 44.1 Å². The molecule has 0 aliphatic carbocycles. The predicted octanol–water partition coefficient (Wildman–Crippen LogP) is 3.36. The largest absolute Gasteiger partial charge is 0.457 e. The van der Waals surface area contributed by atoms with Gasteiger partial charge in [-0.2, -0.15) is 5.10 Å². The Bertz CT molecular complexity index is 642. The summed E-state index contributed by atoms with van der Waals surface area (Å²) in [6.07, 6.45) is 0. The van der Waals surface area contributed by atoms with Crippen molar-refractivity contribution in [1.29, 1.82) is 0 Å². The Kier molecular flexibility index (Phi) is 4.14. The van der Waals surface area contributed by atoms with Gasteiger partial charge in [-0.05, 0) is 26.3 Å². The molecule has 0 saturated heterocycles. The highest BCUT2D eigenvalue weighted by Crippen LogP contribution is 2.20. The fraction of sp³-hybridized carbons (Fsp3) is 0.333. The van der Waals surface area contributed by atoms with Gasteiger partial charge in [-0.15, -0.1) is 0 Å². The second-order valence-corrected chi connectivity index (χ2v) is 5.30. The molecular weight excluding hydrogens is 276 g/mol. The first-order chi connectivity index (χ1) is 9.38. The van der Waals surface area contributed by atoms with Crippen LogP contribution >= 0.6 is 11.6 Å². The van der Waals surface area contributed by atoms with E-state index in [1.807, 2.05) is 26.0 Å². The molecule has 0 atom stereocenters. The summed E-state index contributed by atoms with van der Waals surface area (Å²) >= 11 is 6.04. The third kappa shape index (κ3) is 3.02. The molecule has 0 aliphatic rings. The Balaban J connectivity index is 2.12. The average Bonchev–Trinajstić information content (AvgIpc) is 2.59. The van der Waals surface area contributed by atoms with Gasteiger partial charge in [-0.25, -0.2) is 4.79 Å². The second-order valence-electron chi connectivity index (χ2n) is 4.95. The molecule has 20 heavy (non-hydrogen) atoms. The molecule has 2 aromatic rings. The van der Waals surface area contributed by atoms with Crippen LogP contribution in [0, 0.1) is 20.8 Å². The molecule has 0 radical (unpaired) electrons. The van der Waals surface area contributed by atoms with E-state index < -0.39 is 5.97 Å². The van der Waals surface area contributed by atoms with Crippen molar-refractivity contribution in [3.8, 4) is 0 Å². The Labute approximate surface area is 123 Å². The normalized spacial score (nSPS) is 10.7. The van der Waals surface area contributed by atoms with Crippen LogP contribution in [0.1, 0.15) is 32.7 Å². The third-order valence-corrected chi connectivity index (χ3v) is 3.44. The Morgan fingerprint density at radius 2 is 1.85 bits per heavy atom. The van der Waals surface area contributed by atoms with E-state index in [1.165, 1.54) is 4.68 Å². The molecule has 0 fully saturated rings. The van der Waals surface area contributed by atoms with E-state index in [1.54, 1.807) is 14.0 Å². The molecule has 0 spiro atoms. The number of hydrogen-bond donors (Lipinski definition) is 0. The molecule has 0 amide bonds. The summed E-state index contributed by atoms with van der Waals surface area (Å²) in [4.78, 5) is 12.1. The molecule has 0 saturated carbocycles. The summed E-state index contributed by atoms with van der Waals surface area (Å²) < 4.78 is 6.79. The number of aromatic nitrogens is 2. The van der Waals surface area contributed by atoms with E-state index >= 15 is 0 Å². The van der Waals surface area contributed by atoms with Crippen molar-refractivity contribution < 1.29 is 9.53 Å². The number of rotatable bonds is 3. The highest BCUT2D eigenvalue weighted by molar-refractivity contribution is 6.32. The molecule has 0 bridgehead atoms. The van der Waals surface area contributed by atoms with Gasteiger partial charge >= 0.3 is 5.97 Å². The number of aryl methyl sites for hydroxylation is 4. The Morgan fingerprint density at radius 3 is 2.35 bits per heavy atom. The maximum atomic E-state index is 12.1. The van der Waals surface area contributed by atoms with E-state index in [9.17, 15) is 4.79 Å². The monoisotopic (exact) mass is 292 g/mol. The summed E-state index contributed by atoms with van der Waals surface area (Å²) in [6.45, 7) is 5.99. The van der Waals surface area contributed by atoms with E-state index in [-0.39, 0.29) is 6.61 Å². The molecule has 4 nitrogen and oxygen atoms in total. The van der Waals surface area contributed by atoms with Crippen molar-refractivity contribution in [2.24, 2.45) is 7.05 Å². The van der Waals surface area contributed by atoms with Gasteiger partial charge in [0.15, 0.2) is 0 Å². The molecule has 0 N–H and O–H groups in total. The molecule has 1 heterocycles. The minimum Gasteiger partial charge on any atom is -0.457 e. The van der Waals surface area contributed by atoms with Crippen molar-refractivity contribution in [3.05, 3.63) is 51.3 Å². The van der Waals surface area contributed by atoms with E-state index in [0.29, 0.717) is 16.4 Å². The second kappa shape index (κ2) is 5.67. The predicted molar refractivity (Wildman–Crippen MR) is 78.0 cm³/mol. The van der Waals surface area contributed by atoms with E-state index in [0.717, 1.165) is 16.7 Å². The molecule has 0 aliphatic heterocycles. The zero-order chi connectivity index (χ0) is 14.9. The summed E-state index contributed by atoms with van der Waals surface area (Å²) in [7, 11) is 1.69. The number of hydrogen-bond acceptors (Lipinski definition) is 3. The zero-order valence-corrected chi connectivity index (χ0v) is 12.8. The lowest BCUT2D eigenvalue weighted by atomic mass is 10.1. The maximum absolute atomic E-state index is 12.1. The van der Waals surface area contributed by atoms with Crippen molar-refractivity contribution in [1.82, 2.24) is 9.78 Å². The van der Waals surface area contributed by atoms with Crippen molar-refractivity contribution in [3.63, 3.8) is 0 Å². The number of nitrogens with zero attached hydrogens (tertiary/aromatic N) is 2. The molecule has 5 heteroatoms. The van der Waals surface area contributed by atoms with Crippen LogP contribution in [-0.4, -0.2) is 15.7 Å². The highest BCUT2D eigenvalue weighted by Gasteiger charge is 2.20. The van der Waals surface area contributed by atoms with Crippen molar-refractivity contribution in [2.75, 3.05) is 0 Å². The van der Waals surface area contributed by atoms with Crippen LogP contribution in [0.15, 0.2) is 18.2 Å². The first-order valence-electron chi connectivity index (χ1n) is 6.32. The lowest BCUT2D eigenvalue weighted by molar-refractivity contribution is 0.0472. The molecular formula is C15H17ClN2O2. The maximum Gasteiger partial charge on any atom is 0.343 e. The van der Waals surface area contributed by atoms with Gasteiger partial charge < -0.3 is 4.74 Å². The van der Waals surface area contributed by atoms with Crippen LogP contribution in [0.2, 0.25) is 5.15 Å². The standard InChI is InChI=1S/C15H17ClN2O2/c1-9-5-10(2)7-12(6-9)8-20-15(19)13-11(3)17-18(4)14(13)16/h5-7H,8H2,1-4H3. The lowest BCUT2D eigenvalue weighted by Crippen LogP contribution is -2.07. The Hall–Kier alpha value is -1.81. The molecule has 0 unspecified atom stereocenters. The number of carbonyl (C=O) groups excluding carboxylic acids is 1. The van der Waals surface area contributed by atoms with Gasteiger partial charge in [0.1, 0.15) is 17.3 Å². The number of ether oxygens (including phenoxy) is 1. The summed E-state index contributed by atoms with van der Waals surface area (Å²) in [6, 6.07) is 6.07. The van der Waals surface area contributed by atoms with Crippen LogP contribution in [0.5, 0.6) is 0 Å². The fourth-order valence-corrected chi connectivity index (χ4v) is 2.49. The first-order valence-corrected chi connectivity index (χ1v) is 6.69. The SMILES string of the molecule is Cc1cc(C)cc(COC(=O)c2c(C)nn(C)c2Cl)c1. The minimum atomic E-state index is -0.445. The first kappa shape index (κ1) is 14.6. The van der Waals surface area contributed by atoms with Gasteiger partial charge in [0.05, 0.1) is 5.69 Å². The summed E-state index contributed by atoms with van der Waals surface area (Å²) in [5, 5.41) is 4.40. The summed E-state index contributed by atoms with van der Waals surface area (Å²) in [5.74, 6) is -0.445. The smallest absolute Gasteiger partial charge is 0.343 e. The molecule has 1 aromatic heterocycles. The molecule has 2 rings (SSSR count). The van der Waals surface area contributed by atoms with Crippen molar-refractivity contribution >= 4 is 17.6 Å². The fourth-order valence-electron chi connectivity index (χ4n) is 2.24. The van der Waals surface area contributed by atoms with Gasteiger partial charge in [0.2, 0.25) is 0 Å². The molecule has 106 valence electrons. The van der Waals surface area contributed by atoms with Crippen molar-refractivity contribution in [2.45, 2.75) is 27.4 Å². The quantitative estimate of drug-likeness (QED) is 0.815. The number of benzene rings is 1. The lowest BCUT2D eigenvalue weighted by Gasteiger charge is -2.07. The molecule has 1 aromatic carbocycles. The van der Waals surface area contributed by atoms with Gasteiger partial charge in [-0.1, -0.05) is 40.9 Å². The van der Waals surface area contributed by atoms with Gasteiger partial charge in [0.25, 0.3) is 0 Å². The van der Waals surface area contributed by atoms with Crippen LogP contribution in [0.4, 0.5) is 0 Å². The highest BCUT2D eigenvalue weighted by atomic mass is 35.5. The number of carbonyl (C=O) groups is 1. The van der Waals surface area contributed by atoms with Crippen LogP contribution in [0.25, 0.3) is 0 Å². The average molecular weight is 293 g/mol. The number of esters is 1. The number of halogens is 1. The van der Waals surface area contributed by atoms with Crippen LogP contribution in [0.3, 0.4) is 0 Å². The van der Waals surface area contributed by atoms with Gasteiger partial charge in [-0.3, -0.25) is 4.68 Å². The zero-order valence-electron chi connectivity index (χ0n) is 12.0. The third-order valence-electron chi connectivity index (χ3n) is 3.01. The van der Waals surface area contributed by atoms with E-state index in [4.69, 9.17) is 16.3 Å². The minimum absolute atomic E-state index is 0.228. The summed E-state index contributed by atoms with van der Waals surface area (Å²) in [5.41, 5.74) is 4.16.